The van der Waals surface area contributed by atoms with Crippen LogP contribution in [0.4, 0.5) is 0 Å². The van der Waals surface area contributed by atoms with Crippen molar-refractivity contribution < 1.29 is 4.43 Å². The lowest BCUT2D eigenvalue weighted by molar-refractivity contribution is 0.265. The van der Waals surface area contributed by atoms with Crippen molar-refractivity contribution in [2.45, 2.75) is 64.8 Å². The lowest BCUT2D eigenvalue weighted by atomic mass is 10.3. The molecule has 1 nitrogen and oxygen atoms in total. The Morgan fingerprint density at radius 2 is 1.62 bits per heavy atom. The molecule has 1 aliphatic rings. The summed E-state index contributed by atoms with van der Waals surface area (Å²) in [6.45, 7) is 9.20. The maximum atomic E-state index is 6.34. The Bertz CT molecular complexity index is 146. The fraction of sp³-hybridized carbons (Fsp3) is 1.00. The second-order valence-electron chi connectivity index (χ2n) is 4.30. The summed E-state index contributed by atoms with van der Waals surface area (Å²) in [6, 6.07) is 3.90. The van der Waals surface area contributed by atoms with Crippen LogP contribution in [0.25, 0.3) is 0 Å². The Morgan fingerprint density at radius 3 is 1.92 bits per heavy atom. The van der Waals surface area contributed by atoms with Gasteiger partial charge in [0, 0.05) is 6.10 Å². The van der Waals surface area contributed by atoms with Gasteiger partial charge in [-0.15, -0.1) is 0 Å². The standard InChI is InChI=1S/C11H24OSi/c1-5-10-9-11(10)12-13(6-2,7-3)8-4/h10-11H,5-9H2,1-4H3/t10-,11+/m1/s1. The van der Waals surface area contributed by atoms with Gasteiger partial charge >= 0.3 is 0 Å². The van der Waals surface area contributed by atoms with E-state index in [9.17, 15) is 0 Å². The first-order chi connectivity index (χ1) is 6.21. The Balaban J connectivity index is 2.39. The van der Waals surface area contributed by atoms with E-state index in [1.165, 1.54) is 31.0 Å². The minimum Gasteiger partial charge on any atom is -0.414 e. The van der Waals surface area contributed by atoms with E-state index in [1.807, 2.05) is 0 Å². The summed E-state index contributed by atoms with van der Waals surface area (Å²) in [5.41, 5.74) is 0. The van der Waals surface area contributed by atoms with Crippen LogP contribution in [-0.2, 0) is 4.43 Å². The summed E-state index contributed by atoms with van der Waals surface area (Å²) in [6.07, 6.45) is 3.30. The van der Waals surface area contributed by atoms with E-state index < -0.39 is 8.32 Å². The highest BCUT2D eigenvalue weighted by Crippen LogP contribution is 2.40. The molecule has 1 saturated carbocycles. The van der Waals surface area contributed by atoms with Crippen molar-refractivity contribution in [3.8, 4) is 0 Å². The molecule has 0 amide bonds. The zero-order valence-electron chi connectivity index (χ0n) is 9.60. The number of hydrogen-bond donors (Lipinski definition) is 0. The van der Waals surface area contributed by atoms with Gasteiger partial charge in [0.15, 0.2) is 8.32 Å². The van der Waals surface area contributed by atoms with Crippen molar-refractivity contribution in [2.75, 3.05) is 0 Å². The monoisotopic (exact) mass is 200 g/mol. The van der Waals surface area contributed by atoms with E-state index in [0.29, 0.717) is 6.10 Å². The molecule has 0 saturated heterocycles. The Labute approximate surface area is 84.0 Å². The first kappa shape index (κ1) is 11.3. The van der Waals surface area contributed by atoms with E-state index in [4.69, 9.17) is 4.43 Å². The molecule has 1 rings (SSSR count). The third-order valence-corrected chi connectivity index (χ3v) is 8.39. The normalized spacial score (nSPS) is 27.7. The minimum atomic E-state index is -1.28. The van der Waals surface area contributed by atoms with Crippen LogP contribution in [0, 0.1) is 5.92 Å². The summed E-state index contributed by atoms with van der Waals surface area (Å²) >= 11 is 0. The molecule has 1 fully saturated rings. The molecule has 0 aromatic carbocycles. The fourth-order valence-electron chi connectivity index (χ4n) is 2.11. The van der Waals surface area contributed by atoms with Gasteiger partial charge in [-0.25, -0.2) is 0 Å². The van der Waals surface area contributed by atoms with Crippen molar-refractivity contribution in [3.05, 3.63) is 0 Å². The fourth-order valence-corrected chi connectivity index (χ4v) is 5.05. The van der Waals surface area contributed by atoms with Crippen LogP contribution in [0.5, 0.6) is 0 Å². The van der Waals surface area contributed by atoms with Gasteiger partial charge in [0.25, 0.3) is 0 Å². The largest absolute Gasteiger partial charge is 0.414 e. The second-order valence-corrected chi connectivity index (χ2v) is 9.03. The average Bonchev–Trinajstić information content (AvgIpc) is 2.93. The Hall–Kier alpha value is 0.177. The highest BCUT2D eigenvalue weighted by molar-refractivity contribution is 6.73. The molecule has 0 aromatic rings. The molecule has 2 heteroatoms. The van der Waals surface area contributed by atoms with Crippen molar-refractivity contribution >= 4 is 8.32 Å². The zero-order chi connectivity index (χ0) is 9.90. The van der Waals surface area contributed by atoms with E-state index in [0.717, 1.165) is 5.92 Å². The van der Waals surface area contributed by atoms with Gasteiger partial charge in [-0.3, -0.25) is 0 Å². The Morgan fingerprint density at radius 1 is 1.08 bits per heavy atom. The molecule has 0 radical (unpaired) electrons. The molecular weight excluding hydrogens is 176 g/mol. The molecule has 2 atom stereocenters. The Kier molecular flexibility index (Phi) is 3.99. The highest BCUT2D eigenvalue weighted by Gasteiger charge is 2.42. The lowest BCUT2D eigenvalue weighted by Gasteiger charge is -2.28. The summed E-state index contributed by atoms with van der Waals surface area (Å²) in [4.78, 5) is 0. The van der Waals surface area contributed by atoms with Gasteiger partial charge in [-0.05, 0) is 30.5 Å². The molecule has 0 bridgehead atoms. The molecule has 1 aliphatic carbocycles. The predicted octanol–water partition coefficient (Wildman–Crippen LogP) is 3.81. The van der Waals surface area contributed by atoms with Crippen LogP contribution >= 0.6 is 0 Å². The summed E-state index contributed by atoms with van der Waals surface area (Å²) in [7, 11) is -1.28. The van der Waals surface area contributed by atoms with Crippen molar-refractivity contribution in [1.82, 2.24) is 0 Å². The number of hydrogen-bond acceptors (Lipinski definition) is 1. The average molecular weight is 200 g/mol. The van der Waals surface area contributed by atoms with E-state index in [1.54, 1.807) is 0 Å². The highest BCUT2D eigenvalue weighted by atomic mass is 28.4. The van der Waals surface area contributed by atoms with Crippen LogP contribution in [0.2, 0.25) is 18.1 Å². The van der Waals surface area contributed by atoms with Gasteiger partial charge in [0.1, 0.15) is 0 Å². The van der Waals surface area contributed by atoms with Crippen molar-refractivity contribution in [1.29, 1.82) is 0 Å². The van der Waals surface area contributed by atoms with Crippen LogP contribution in [0.15, 0.2) is 0 Å². The molecule has 0 aromatic heterocycles. The van der Waals surface area contributed by atoms with Crippen LogP contribution < -0.4 is 0 Å². The van der Waals surface area contributed by atoms with Crippen molar-refractivity contribution in [2.24, 2.45) is 5.92 Å². The van der Waals surface area contributed by atoms with Gasteiger partial charge in [0.2, 0.25) is 0 Å². The third-order valence-electron chi connectivity index (χ3n) is 3.72. The maximum Gasteiger partial charge on any atom is 0.192 e. The SMILES string of the molecule is CC[C@@H]1C[C@@H]1O[Si](CC)(CC)CC. The lowest BCUT2D eigenvalue weighted by Crippen LogP contribution is -2.36. The molecule has 0 N–H and O–H groups in total. The van der Waals surface area contributed by atoms with Crippen LogP contribution in [-0.4, -0.2) is 14.4 Å². The second kappa shape index (κ2) is 4.60. The van der Waals surface area contributed by atoms with E-state index in [2.05, 4.69) is 27.7 Å². The molecule has 0 unspecified atom stereocenters. The molecule has 13 heavy (non-hydrogen) atoms. The van der Waals surface area contributed by atoms with Gasteiger partial charge in [-0.1, -0.05) is 34.1 Å². The van der Waals surface area contributed by atoms with Crippen LogP contribution in [0.3, 0.4) is 0 Å². The van der Waals surface area contributed by atoms with Gasteiger partial charge in [-0.2, -0.15) is 0 Å². The summed E-state index contributed by atoms with van der Waals surface area (Å²) in [5, 5.41) is 0. The summed E-state index contributed by atoms with van der Waals surface area (Å²) in [5.74, 6) is 0.900. The first-order valence-corrected chi connectivity index (χ1v) is 8.42. The molecule has 0 spiro atoms. The van der Waals surface area contributed by atoms with Crippen molar-refractivity contribution in [3.63, 3.8) is 0 Å². The topological polar surface area (TPSA) is 9.23 Å². The van der Waals surface area contributed by atoms with Gasteiger partial charge in [0.05, 0.1) is 0 Å². The van der Waals surface area contributed by atoms with E-state index >= 15 is 0 Å². The predicted molar refractivity (Wildman–Crippen MR) is 60.5 cm³/mol. The first-order valence-electron chi connectivity index (χ1n) is 5.89. The number of rotatable bonds is 6. The van der Waals surface area contributed by atoms with Crippen LogP contribution in [0.1, 0.15) is 40.5 Å². The third kappa shape index (κ3) is 2.56. The van der Waals surface area contributed by atoms with Gasteiger partial charge < -0.3 is 4.43 Å². The molecule has 0 aliphatic heterocycles. The van der Waals surface area contributed by atoms with E-state index in [-0.39, 0.29) is 0 Å². The molecule has 0 heterocycles. The summed E-state index contributed by atoms with van der Waals surface area (Å²) < 4.78 is 6.34. The quantitative estimate of drug-likeness (QED) is 0.593. The molecular formula is C11H24OSi. The minimum absolute atomic E-state index is 0.650. The zero-order valence-corrected chi connectivity index (χ0v) is 10.6. The molecule has 78 valence electrons. The smallest absolute Gasteiger partial charge is 0.192 e. The maximum absolute atomic E-state index is 6.34.